The van der Waals surface area contributed by atoms with Gasteiger partial charge in [0.2, 0.25) is 0 Å². The molecule has 1 N–H and O–H groups in total. The van der Waals surface area contributed by atoms with Crippen molar-refractivity contribution >= 4 is 16.9 Å². The van der Waals surface area contributed by atoms with E-state index in [1.165, 1.54) is 32.4 Å². The summed E-state index contributed by atoms with van der Waals surface area (Å²) in [5, 5.41) is 10.2. The lowest BCUT2D eigenvalue weighted by atomic mass is 10.1. The van der Waals surface area contributed by atoms with Crippen molar-refractivity contribution in [3.8, 4) is 0 Å². The number of rotatable bonds is 4. The molecule has 2 heterocycles. The molecule has 106 valence electrons. The van der Waals surface area contributed by atoms with E-state index in [0.29, 0.717) is 5.56 Å². The molecule has 4 heteroatoms. The molecule has 3 rings (SSSR count). The third kappa shape index (κ3) is 2.70. The number of carboxylic acid groups (broad SMARTS) is 1. The molecule has 1 aliphatic heterocycles. The van der Waals surface area contributed by atoms with Gasteiger partial charge in [0, 0.05) is 24.8 Å². The number of fused-ring (bicyclic) bond motifs is 1. The lowest BCUT2D eigenvalue weighted by molar-refractivity contribution is 0.0697. The van der Waals surface area contributed by atoms with Crippen molar-refractivity contribution in [3.05, 3.63) is 36.0 Å². The number of hydrogen-bond donors (Lipinski definition) is 1. The Hall–Kier alpha value is -1.81. The zero-order valence-corrected chi connectivity index (χ0v) is 11.6. The second-order valence-electron chi connectivity index (χ2n) is 5.49. The number of benzene rings is 1. The van der Waals surface area contributed by atoms with Crippen LogP contribution < -0.4 is 0 Å². The Morgan fingerprint density at radius 3 is 2.65 bits per heavy atom. The van der Waals surface area contributed by atoms with Gasteiger partial charge in [0.05, 0.1) is 5.56 Å². The Balaban J connectivity index is 1.76. The van der Waals surface area contributed by atoms with Gasteiger partial charge in [-0.3, -0.25) is 0 Å². The Kier molecular flexibility index (Phi) is 3.74. The number of piperidine rings is 1. The maximum Gasteiger partial charge on any atom is 0.335 e. The van der Waals surface area contributed by atoms with E-state index in [2.05, 4.69) is 21.7 Å². The average molecular weight is 272 g/mol. The van der Waals surface area contributed by atoms with Crippen LogP contribution >= 0.6 is 0 Å². The molecule has 1 aromatic carbocycles. The zero-order valence-electron chi connectivity index (χ0n) is 11.6. The molecular weight excluding hydrogens is 252 g/mol. The Labute approximate surface area is 118 Å². The lowest BCUT2D eigenvalue weighted by Crippen LogP contribution is -2.32. The van der Waals surface area contributed by atoms with E-state index >= 15 is 0 Å². The van der Waals surface area contributed by atoms with Gasteiger partial charge in [0.15, 0.2) is 0 Å². The summed E-state index contributed by atoms with van der Waals surface area (Å²) in [6.07, 6.45) is 6.01. The summed E-state index contributed by atoms with van der Waals surface area (Å²) in [4.78, 5) is 13.6. The van der Waals surface area contributed by atoms with Crippen molar-refractivity contribution in [2.75, 3.05) is 19.6 Å². The summed E-state index contributed by atoms with van der Waals surface area (Å²) in [6.45, 7) is 4.35. The van der Waals surface area contributed by atoms with Crippen molar-refractivity contribution in [3.63, 3.8) is 0 Å². The summed E-state index contributed by atoms with van der Waals surface area (Å²) in [5.41, 5.74) is 1.37. The molecule has 0 spiro atoms. The molecule has 1 fully saturated rings. The molecule has 0 aliphatic carbocycles. The minimum Gasteiger partial charge on any atom is -0.478 e. The molecule has 0 atom stereocenters. The Bertz CT molecular complexity index is 612. The minimum absolute atomic E-state index is 0.357. The predicted molar refractivity (Wildman–Crippen MR) is 79.2 cm³/mol. The predicted octanol–water partition coefficient (Wildman–Crippen LogP) is 2.83. The van der Waals surface area contributed by atoms with E-state index < -0.39 is 5.97 Å². The quantitative estimate of drug-likeness (QED) is 0.931. The summed E-state index contributed by atoms with van der Waals surface area (Å²) >= 11 is 0. The largest absolute Gasteiger partial charge is 0.478 e. The van der Waals surface area contributed by atoms with Crippen LogP contribution in [0, 0.1) is 0 Å². The van der Waals surface area contributed by atoms with Gasteiger partial charge in [-0.2, -0.15) is 0 Å². The number of carboxylic acids is 1. The second-order valence-corrected chi connectivity index (χ2v) is 5.49. The van der Waals surface area contributed by atoms with E-state index in [0.717, 1.165) is 24.0 Å². The Morgan fingerprint density at radius 2 is 1.90 bits per heavy atom. The third-order valence-electron chi connectivity index (χ3n) is 4.13. The van der Waals surface area contributed by atoms with Gasteiger partial charge in [0.25, 0.3) is 0 Å². The molecule has 1 aromatic heterocycles. The monoisotopic (exact) mass is 272 g/mol. The van der Waals surface area contributed by atoms with E-state index in [-0.39, 0.29) is 0 Å². The van der Waals surface area contributed by atoms with Crippen molar-refractivity contribution in [2.45, 2.75) is 25.8 Å². The van der Waals surface area contributed by atoms with Crippen LogP contribution in [-0.2, 0) is 6.54 Å². The standard InChI is InChI=1S/C16H20N2O2/c19-16(20)14-5-4-13-6-9-18(15(13)12-14)11-10-17-7-2-1-3-8-17/h4-6,9,12H,1-3,7-8,10-11H2,(H,19,20). The first-order valence-corrected chi connectivity index (χ1v) is 7.28. The van der Waals surface area contributed by atoms with Gasteiger partial charge in [-0.15, -0.1) is 0 Å². The van der Waals surface area contributed by atoms with Gasteiger partial charge < -0.3 is 14.6 Å². The second kappa shape index (κ2) is 5.67. The summed E-state index contributed by atoms with van der Waals surface area (Å²) in [6, 6.07) is 7.38. The van der Waals surface area contributed by atoms with Crippen LogP contribution in [0.1, 0.15) is 29.6 Å². The summed E-state index contributed by atoms with van der Waals surface area (Å²) in [7, 11) is 0. The topological polar surface area (TPSA) is 45.5 Å². The van der Waals surface area contributed by atoms with Gasteiger partial charge in [-0.05, 0) is 49.5 Å². The van der Waals surface area contributed by atoms with Crippen LogP contribution in [0.4, 0.5) is 0 Å². The summed E-state index contributed by atoms with van der Waals surface area (Å²) in [5.74, 6) is -0.865. The number of aromatic nitrogens is 1. The maximum absolute atomic E-state index is 11.1. The highest BCUT2D eigenvalue weighted by atomic mass is 16.4. The average Bonchev–Trinajstić information content (AvgIpc) is 2.88. The van der Waals surface area contributed by atoms with Gasteiger partial charge in [0.1, 0.15) is 0 Å². The maximum atomic E-state index is 11.1. The first-order chi connectivity index (χ1) is 9.74. The molecule has 20 heavy (non-hydrogen) atoms. The van der Waals surface area contributed by atoms with Crippen molar-refractivity contribution in [1.82, 2.24) is 9.47 Å². The van der Waals surface area contributed by atoms with Crippen molar-refractivity contribution in [1.29, 1.82) is 0 Å². The molecule has 0 amide bonds. The molecule has 1 aliphatic rings. The molecule has 0 radical (unpaired) electrons. The van der Waals surface area contributed by atoms with Crippen molar-refractivity contribution in [2.24, 2.45) is 0 Å². The van der Waals surface area contributed by atoms with Crippen LogP contribution in [0.3, 0.4) is 0 Å². The Morgan fingerprint density at radius 1 is 1.10 bits per heavy atom. The highest BCUT2D eigenvalue weighted by Gasteiger charge is 2.11. The smallest absolute Gasteiger partial charge is 0.335 e. The number of nitrogens with zero attached hydrogens (tertiary/aromatic N) is 2. The van der Waals surface area contributed by atoms with E-state index in [1.54, 1.807) is 12.1 Å². The van der Waals surface area contributed by atoms with Crippen LogP contribution in [-0.4, -0.2) is 40.2 Å². The zero-order chi connectivity index (χ0) is 13.9. The number of aromatic carboxylic acids is 1. The number of hydrogen-bond acceptors (Lipinski definition) is 2. The van der Waals surface area contributed by atoms with Gasteiger partial charge in [-0.25, -0.2) is 4.79 Å². The van der Waals surface area contributed by atoms with Crippen molar-refractivity contribution < 1.29 is 9.90 Å². The molecule has 2 aromatic rings. The summed E-state index contributed by atoms with van der Waals surface area (Å²) < 4.78 is 2.16. The lowest BCUT2D eigenvalue weighted by Gasteiger charge is -2.26. The van der Waals surface area contributed by atoms with Crippen LogP contribution in [0.15, 0.2) is 30.5 Å². The molecule has 0 saturated carbocycles. The molecule has 0 bridgehead atoms. The van der Waals surface area contributed by atoms with Gasteiger partial charge >= 0.3 is 5.97 Å². The number of carbonyl (C=O) groups is 1. The first kappa shape index (κ1) is 13.2. The molecule has 4 nitrogen and oxygen atoms in total. The molecule has 1 saturated heterocycles. The fourth-order valence-corrected chi connectivity index (χ4v) is 2.94. The highest BCUT2D eigenvalue weighted by molar-refractivity contribution is 5.93. The normalized spacial score (nSPS) is 16.6. The van der Waals surface area contributed by atoms with E-state index in [1.807, 2.05) is 6.07 Å². The fourth-order valence-electron chi connectivity index (χ4n) is 2.94. The molecule has 0 unspecified atom stereocenters. The first-order valence-electron chi connectivity index (χ1n) is 7.28. The third-order valence-corrected chi connectivity index (χ3v) is 4.13. The highest BCUT2D eigenvalue weighted by Crippen LogP contribution is 2.18. The van der Waals surface area contributed by atoms with Crippen LogP contribution in [0.25, 0.3) is 10.9 Å². The van der Waals surface area contributed by atoms with E-state index in [4.69, 9.17) is 5.11 Å². The van der Waals surface area contributed by atoms with Crippen LogP contribution in [0.2, 0.25) is 0 Å². The molecular formula is C16H20N2O2. The van der Waals surface area contributed by atoms with Gasteiger partial charge in [-0.1, -0.05) is 12.5 Å². The fraction of sp³-hybridized carbons (Fsp3) is 0.438. The van der Waals surface area contributed by atoms with E-state index in [9.17, 15) is 4.79 Å². The SMILES string of the molecule is O=C(O)c1ccc2ccn(CCN3CCCCC3)c2c1. The number of likely N-dealkylation sites (tertiary alicyclic amines) is 1. The van der Waals surface area contributed by atoms with Crippen LogP contribution in [0.5, 0.6) is 0 Å². The minimum atomic E-state index is -0.865.